The molecule has 0 aliphatic carbocycles. The van der Waals surface area contributed by atoms with Crippen molar-refractivity contribution in [3.63, 3.8) is 0 Å². The van der Waals surface area contributed by atoms with Gasteiger partial charge < -0.3 is 4.90 Å². The van der Waals surface area contributed by atoms with E-state index in [0.29, 0.717) is 34.6 Å². The van der Waals surface area contributed by atoms with E-state index in [1.807, 2.05) is 6.92 Å². The fraction of sp³-hybridized carbons (Fsp3) is 0.130. The monoisotopic (exact) mass is 394 g/mol. The zero-order chi connectivity index (χ0) is 20.5. The molecule has 1 aliphatic rings. The fourth-order valence-electron chi connectivity index (χ4n) is 3.49. The first-order valence-corrected chi connectivity index (χ1v) is 9.14. The molecule has 0 spiro atoms. The summed E-state index contributed by atoms with van der Waals surface area (Å²) in [6.07, 6.45) is 0.390. The maximum Gasteiger partial charge on any atom is 0.258 e. The van der Waals surface area contributed by atoms with Crippen LogP contribution in [-0.4, -0.2) is 17.7 Å². The van der Waals surface area contributed by atoms with E-state index in [1.54, 1.807) is 23.1 Å². The maximum atomic E-state index is 14.0. The summed E-state index contributed by atoms with van der Waals surface area (Å²) in [5, 5.41) is 0. The van der Waals surface area contributed by atoms with E-state index in [2.05, 4.69) is 4.99 Å². The average Bonchev–Trinajstić information content (AvgIpc) is 2.70. The number of fused-ring (bicyclic) bond motifs is 1. The number of anilines is 1. The van der Waals surface area contributed by atoms with Crippen molar-refractivity contribution in [1.82, 2.24) is 0 Å². The lowest BCUT2D eigenvalue weighted by molar-refractivity contribution is 0.0978. The van der Waals surface area contributed by atoms with Crippen molar-refractivity contribution in [1.29, 1.82) is 0 Å². The van der Waals surface area contributed by atoms with Gasteiger partial charge in [0.25, 0.3) is 5.91 Å². The summed E-state index contributed by atoms with van der Waals surface area (Å²) in [6, 6.07) is 14.9. The molecule has 0 aromatic heterocycles. The second kappa shape index (κ2) is 7.54. The summed E-state index contributed by atoms with van der Waals surface area (Å²) in [5.41, 5.74) is 2.53. The minimum atomic E-state index is -0.445. The minimum absolute atomic E-state index is 0.260. The number of benzene rings is 3. The molecular formula is C23H17F3N2O. The third-order valence-electron chi connectivity index (χ3n) is 4.86. The standard InChI is InChI=1S/C23H17F3N2O/c1-14-12-21(27-19-9-6-17(25)7-10-19)20-13-18(26)8-11-22(20)28(14)23(29)15-2-4-16(24)5-3-15/h2-11,13-14H,12H2,1H3. The van der Waals surface area contributed by atoms with Crippen molar-refractivity contribution < 1.29 is 18.0 Å². The van der Waals surface area contributed by atoms with E-state index in [4.69, 9.17) is 0 Å². The predicted molar refractivity (Wildman–Crippen MR) is 106 cm³/mol. The summed E-state index contributed by atoms with van der Waals surface area (Å²) in [5.74, 6) is -1.54. The van der Waals surface area contributed by atoms with Gasteiger partial charge in [-0.25, -0.2) is 13.2 Å². The Kier molecular flexibility index (Phi) is 4.92. The van der Waals surface area contributed by atoms with Crippen LogP contribution in [-0.2, 0) is 0 Å². The molecule has 3 aromatic carbocycles. The summed E-state index contributed by atoms with van der Waals surface area (Å²) < 4.78 is 40.4. The molecule has 1 atom stereocenters. The van der Waals surface area contributed by atoms with Crippen LogP contribution in [0, 0.1) is 17.5 Å². The van der Waals surface area contributed by atoms with Gasteiger partial charge in [-0.1, -0.05) is 0 Å². The number of hydrogen-bond acceptors (Lipinski definition) is 2. The van der Waals surface area contributed by atoms with Gasteiger partial charge in [-0.2, -0.15) is 0 Å². The molecule has 29 heavy (non-hydrogen) atoms. The van der Waals surface area contributed by atoms with Gasteiger partial charge in [0, 0.05) is 23.6 Å². The lowest BCUT2D eigenvalue weighted by Crippen LogP contribution is -2.44. The number of carbonyl (C=O) groups is 1. The van der Waals surface area contributed by atoms with Gasteiger partial charge in [-0.05, 0) is 73.7 Å². The van der Waals surface area contributed by atoms with Crippen LogP contribution in [0.4, 0.5) is 24.5 Å². The molecule has 3 nitrogen and oxygen atoms in total. The molecular weight excluding hydrogens is 377 g/mol. The van der Waals surface area contributed by atoms with Gasteiger partial charge in [0.15, 0.2) is 0 Å². The Hall–Kier alpha value is -3.41. The Morgan fingerprint density at radius 3 is 2.14 bits per heavy atom. The lowest BCUT2D eigenvalue weighted by Gasteiger charge is -2.36. The van der Waals surface area contributed by atoms with E-state index in [1.165, 1.54) is 48.5 Å². The molecule has 146 valence electrons. The van der Waals surface area contributed by atoms with E-state index >= 15 is 0 Å². The van der Waals surface area contributed by atoms with Crippen LogP contribution in [0.25, 0.3) is 0 Å². The zero-order valence-corrected chi connectivity index (χ0v) is 15.6. The summed E-state index contributed by atoms with van der Waals surface area (Å²) in [4.78, 5) is 19.2. The lowest BCUT2D eigenvalue weighted by atomic mass is 9.93. The van der Waals surface area contributed by atoms with Gasteiger partial charge in [0.1, 0.15) is 17.5 Å². The van der Waals surface area contributed by atoms with Gasteiger partial charge in [-0.15, -0.1) is 0 Å². The first-order chi connectivity index (χ1) is 13.9. The van der Waals surface area contributed by atoms with Crippen molar-refractivity contribution in [2.24, 2.45) is 4.99 Å². The Balaban J connectivity index is 1.78. The molecule has 0 bridgehead atoms. The smallest absolute Gasteiger partial charge is 0.258 e. The third kappa shape index (κ3) is 3.78. The van der Waals surface area contributed by atoms with Crippen molar-refractivity contribution in [3.8, 4) is 0 Å². The Morgan fingerprint density at radius 2 is 1.48 bits per heavy atom. The van der Waals surface area contributed by atoms with Gasteiger partial charge in [0.2, 0.25) is 0 Å². The third-order valence-corrected chi connectivity index (χ3v) is 4.86. The quantitative estimate of drug-likeness (QED) is 0.552. The molecule has 0 N–H and O–H groups in total. The molecule has 1 unspecified atom stereocenters. The number of aliphatic imine (C=N–C) groups is 1. The Labute approximate surface area is 166 Å². The first kappa shape index (κ1) is 18.9. The number of carbonyl (C=O) groups excluding carboxylic acids is 1. The average molecular weight is 394 g/mol. The van der Waals surface area contributed by atoms with Crippen LogP contribution >= 0.6 is 0 Å². The molecule has 4 rings (SSSR count). The molecule has 1 amide bonds. The summed E-state index contributed by atoms with van der Waals surface area (Å²) in [7, 11) is 0. The van der Waals surface area contributed by atoms with E-state index in [0.717, 1.165) is 0 Å². The molecule has 1 heterocycles. The highest BCUT2D eigenvalue weighted by Gasteiger charge is 2.32. The molecule has 3 aromatic rings. The van der Waals surface area contributed by atoms with Crippen molar-refractivity contribution in [2.45, 2.75) is 19.4 Å². The van der Waals surface area contributed by atoms with Crippen LogP contribution in [0.15, 0.2) is 71.7 Å². The summed E-state index contributed by atoms with van der Waals surface area (Å²) in [6.45, 7) is 1.87. The number of rotatable bonds is 2. The maximum absolute atomic E-state index is 14.0. The van der Waals surface area contributed by atoms with Crippen LogP contribution in [0.3, 0.4) is 0 Å². The van der Waals surface area contributed by atoms with E-state index in [-0.39, 0.29) is 17.8 Å². The minimum Gasteiger partial charge on any atom is -0.305 e. The van der Waals surface area contributed by atoms with Crippen LogP contribution in [0.1, 0.15) is 29.3 Å². The summed E-state index contributed by atoms with van der Waals surface area (Å²) >= 11 is 0. The van der Waals surface area contributed by atoms with Gasteiger partial charge in [-0.3, -0.25) is 9.79 Å². The van der Waals surface area contributed by atoms with Crippen LogP contribution in [0.2, 0.25) is 0 Å². The highest BCUT2D eigenvalue weighted by Crippen LogP contribution is 2.34. The number of halogens is 3. The number of amides is 1. The van der Waals surface area contributed by atoms with E-state index < -0.39 is 11.6 Å². The SMILES string of the molecule is CC1CC(=Nc2ccc(F)cc2)c2cc(F)ccc2N1C(=O)c1ccc(F)cc1. The molecule has 1 aliphatic heterocycles. The molecule has 0 radical (unpaired) electrons. The molecule has 0 fully saturated rings. The van der Waals surface area contributed by atoms with Crippen molar-refractivity contribution in [3.05, 3.63) is 95.3 Å². The predicted octanol–water partition coefficient (Wildman–Crippen LogP) is 5.66. The van der Waals surface area contributed by atoms with Crippen LogP contribution < -0.4 is 4.90 Å². The van der Waals surface area contributed by atoms with Gasteiger partial charge >= 0.3 is 0 Å². The normalized spacial score (nSPS) is 17.3. The second-order valence-electron chi connectivity index (χ2n) is 6.93. The molecule has 0 saturated heterocycles. The van der Waals surface area contributed by atoms with Crippen molar-refractivity contribution >= 4 is 23.0 Å². The van der Waals surface area contributed by atoms with Crippen molar-refractivity contribution in [2.75, 3.05) is 4.90 Å². The van der Waals surface area contributed by atoms with Gasteiger partial charge in [0.05, 0.1) is 17.1 Å². The highest BCUT2D eigenvalue weighted by molar-refractivity contribution is 6.15. The Bertz CT molecular complexity index is 1090. The topological polar surface area (TPSA) is 32.7 Å². The molecule has 0 saturated carbocycles. The molecule has 6 heteroatoms. The fourth-order valence-corrected chi connectivity index (χ4v) is 3.49. The number of hydrogen-bond donors (Lipinski definition) is 0. The van der Waals surface area contributed by atoms with Crippen LogP contribution in [0.5, 0.6) is 0 Å². The highest BCUT2D eigenvalue weighted by atomic mass is 19.1. The first-order valence-electron chi connectivity index (χ1n) is 9.14. The Morgan fingerprint density at radius 1 is 0.897 bits per heavy atom. The zero-order valence-electron chi connectivity index (χ0n) is 15.6. The largest absolute Gasteiger partial charge is 0.305 e. The number of nitrogens with zero attached hydrogens (tertiary/aromatic N) is 2. The second-order valence-corrected chi connectivity index (χ2v) is 6.93. The van der Waals surface area contributed by atoms with E-state index in [9.17, 15) is 18.0 Å².